The first kappa shape index (κ1) is 30.7. The van der Waals surface area contributed by atoms with Crippen LogP contribution in [0.25, 0.3) is 0 Å². The Kier molecular flexibility index (Phi) is 23.0. The van der Waals surface area contributed by atoms with Crippen LogP contribution in [-0.4, -0.2) is 13.2 Å². The number of rotatable bonds is 26. The SMILES string of the molecule is CCCCCCCCCCCCOCc1ccc(COCCCCCCCCCCCC)s1. The predicted molar refractivity (Wildman–Crippen MR) is 147 cm³/mol. The summed E-state index contributed by atoms with van der Waals surface area (Å²) in [5.74, 6) is 0. The zero-order valence-electron chi connectivity index (χ0n) is 22.4. The molecule has 0 spiro atoms. The highest BCUT2D eigenvalue weighted by Crippen LogP contribution is 2.19. The Hall–Kier alpha value is -0.380. The van der Waals surface area contributed by atoms with Crippen LogP contribution in [0, 0.1) is 0 Å². The van der Waals surface area contributed by atoms with Crippen LogP contribution in [0.4, 0.5) is 0 Å². The van der Waals surface area contributed by atoms with Gasteiger partial charge in [0.2, 0.25) is 0 Å². The highest BCUT2D eigenvalue weighted by atomic mass is 32.1. The zero-order valence-corrected chi connectivity index (χ0v) is 23.2. The molecular weight excluding hydrogens is 424 g/mol. The molecule has 0 aliphatic heterocycles. The molecule has 0 atom stereocenters. The van der Waals surface area contributed by atoms with Crippen molar-refractivity contribution in [3.8, 4) is 0 Å². The molecule has 0 N–H and O–H groups in total. The Morgan fingerprint density at radius 3 is 1.09 bits per heavy atom. The van der Waals surface area contributed by atoms with Crippen molar-refractivity contribution in [2.24, 2.45) is 0 Å². The Morgan fingerprint density at radius 2 is 0.758 bits per heavy atom. The standard InChI is InChI=1S/C30H56O2S/c1-3-5-7-9-11-13-15-17-19-21-25-31-27-29-23-24-30(33-29)28-32-26-22-20-18-16-14-12-10-8-6-4-2/h23-24H,3-22,25-28H2,1-2H3. The van der Waals surface area contributed by atoms with Crippen LogP contribution in [0.3, 0.4) is 0 Å². The molecular formula is C30H56O2S. The fourth-order valence-corrected chi connectivity index (χ4v) is 5.20. The van der Waals surface area contributed by atoms with E-state index in [2.05, 4.69) is 26.0 Å². The van der Waals surface area contributed by atoms with E-state index in [0.29, 0.717) is 0 Å². The van der Waals surface area contributed by atoms with Crippen LogP contribution in [0.5, 0.6) is 0 Å². The molecule has 0 bridgehead atoms. The van der Waals surface area contributed by atoms with Crippen LogP contribution >= 0.6 is 11.3 Å². The van der Waals surface area contributed by atoms with Gasteiger partial charge < -0.3 is 9.47 Å². The highest BCUT2D eigenvalue weighted by Gasteiger charge is 2.02. The van der Waals surface area contributed by atoms with E-state index in [9.17, 15) is 0 Å². The molecule has 0 radical (unpaired) electrons. The molecule has 0 amide bonds. The Labute approximate surface area is 211 Å². The highest BCUT2D eigenvalue weighted by molar-refractivity contribution is 7.11. The van der Waals surface area contributed by atoms with Crippen molar-refractivity contribution < 1.29 is 9.47 Å². The van der Waals surface area contributed by atoms with Gasteiger partial charge in [0.25, 0.3) is 0 Å². The summed E-state index contributed by atoms with van der Waals surface area (Å²) in [5.41, 5.74) is 0. The molecule has 0 saturated carbocycles. The molecule has 0 aliphatic carbocycles. The third-order valence-electron chi connectivity index (χ3n) is 6.49. The number of hydrogen-bond donors (Lipinski definition) is 0. The van der Waals surface area contributed by atoms with E-state index in [1.165, 1.54) is 138 Å². The molecule has 0 aromatic carbocycles. The van der Waals surface area contributed by atoms with Gasteiger partial charge in [0.15, 0.2) is 0 Å². The topological polar surface area (TPSA) is 18.5 Å². The maximum absolute atomic E-state index is 5.89. The largest absolute Gasteiger partial charge is 0.376 e. The summed E-state index contributed by atoms with van der Waals surface area (Å²) in [7, 11) is 0. The molecule has 0 aliphatic rings. The fourth-order valence-electron chi connectivity index (χ4n) is 4.31. The van der Waals surface area contributed by atoms with Gasteiger partial charge in [-0.15, -0.1) is 11.3 Å². The summed E-state index contributed by atoms with van der Waals surface area (Å²) in [6.45, 7) is 7.90. The van der Waals surface area contributed by atoms with Gasteiger partial charge in [-0.2, -0.15) is 0 Å². The monoisotopic (exact) mass is 480 g/mol. The first-order valence-electron chi connectivity index (χ1n) is 14.6. The fraction of sp³-hybridized carbons (Fsp3) is 0.867. The lowest BCUT2D eigenvalue weighted by Crippen LogP contribution is -1.94. The van der Waals surface area contributed by atoms with Crippen LogP contribution in [0.2, 0.25) is 0 Å². The lowest BCUT2D eigenvalue weighted by atomic mass is 10.1. The third-order valence-corrected chi connectivity index (χ3v) is 7.52. The molecule has 0 saturated heterocycles. The minimum Gasteiger partial charge on any atom is -0.376 e. The summed E-state index contributed by atoms with van der Waals surface area (Å²) < 4.78 is 11.8. The second kappa shape index (κ2) is 24.7. The van der Waals surface area contributed by atoms with Gasteiger partial charge in [-0.25, -0.2) is 0 Å². The van der Waals surface area contributed by atoms with Crippen LogP contribution in [-0.2, 0) is 22.7 Å². The normalized spacial score (nSPS) is 11.5. The zero-order chi connectivity index (χ0) is 23.7. The summed E-state index contributed by atoms with van der Waals surface area (Å²) in [6.07, 6.45) is 27.5. The second-order valence-corrected chi connectivity index (χ2v) is 11.1. The molecule has 33 heavy (non-hydrogen) atoms. The van der Waals surface area contributed by atoms with Crippen molar-refractivity contribution in [1.29, 1.82) is 0 Å². The van der Waals surface area contributed by atoms with Crippen LogP contribution < -0.4 is 0 Å². The average Bonchev–Trinajstić information content (AvgIpc) is 3.28. The lowest BCUT2D eigenvalue weighted by molar-refractivity contribution is 0.118. The number of hydrogen-bond acceptors (Lipinski definition) is 3. The van der Waals surface area contributed by atoms with Crippen LogP contribution in [0.15, 0.2) is 12.1 Å². The van der Waals surface area contributed by atoms with Gasteiger partial charge in [-0.1, -0.05) is 129 Å². The van der Waals surface area contributed by atoms with Crippen LogP contribution in [0.1, 0.15) is 152 Å². The van der Waals surface area contributed by atoms with Crippen molar-refractivity contribution in [2.75, 3.05) is 13.2 Å². The van der Waals surface area contributed by atoms with E-state index in [4.69, 9.17) is 9.47 Å². The number of thiophene rings is 1. The minimum absolute atomic E-state index is 0.764. The smallest absolute Gasteiger partial charge is 0.0809 e. The molecule has 0 unspecified atom stereocenters. The molecule has 1 rings (SSSR count). The van der Waals surface area contributed by atoms with E-state index < -0.39 is 0 Å². The summed E-state index contributed by atoms with van der Waals surface area (Å²) in [5, 5.41) is 0. The van der Waals surface area contributed by atoms with Crippen molar-refractivity contribution in [1.82, 2.24) is 0 Å². The number of ether oxygens (including phenoxy) is 2. The molecule has 1 heterocycles. The van der Waals surface area contributed by atoms with Crippen molar-refractivity contribution >= 4 is 11.3 Å². The molecule has 3 heteroatoms. The Morgan fingerprint density at radius 1 is 0.455 bits per heavy atom. The molecule has 1 aromatic rings. The van der Waals surface area contributed by atoms with E-state index in [0.717, 1.165) is 26.4 Å². The van der Waals surface area contributed by atoms with E-state index in [1.54, 1.807) is 0 Å². The van der Waals surface area contributed by atoms with Gasteiger partial charge >= 0.3 is 0 Å². The van der Waals surface area contributed by atoms with Gasteiger partial charge in [0, 0.05) is 23.0 Å². The Bertz CT molecular complexity index is 457. The minimum atomic E-state index is 0.764. The lowest BCUT2D eigenvalue weighted by Gasteiger charge is -2.04. The van der Waals surface area contributed by atoms with Crippen molar-refractivity contribution in [2.45, 2.75) is 155 Å². The van der Waals surface area contributed by atoms with Gasteiger partial charge in [0.05, 0.1) is 13.2 Å². The maximum atomic E-state index is 5.89. The Balaban J connectivity index is 1.84. The van der Waals surface area contributed by atoms with Gasteiger partial charge in [-0.05, 0) is 25.0 Å². The predicted octanol–water partition coefficient (Wildman–Crippen LogP) is 10.6. The van der Waals surface area contributed by atoms with Crippen molar-refractivity contribution in [3.05, 3.63) is 21.9 Å². The molecule has 0 fully saturated rings. The molecule has 2 nitrogen and oxygen atoms in total. The third kappa shape index (κ3) is 20.7. The van der Waals surface area contributed by atoms with E-state index in [-0.39, 0.29) is 0 Å². The first-order valence-corrected chi connectivity index (χ1v) is 15.4. The molecule has 1 aromatic heterocycles. The first-order chi connectivity index (χ1) is 16.4. The maximum Gasteiger partial charge on any atom is 0.0809 e. The summed E-state index contributed by atoms with van der Waals surface area (Å²) >= 11 is 1.85. The number of unbranched alkanes of at least 4 members (excludes halogenated alkanes) is 18. The summed E-state index contributed by atoms with van der Waals surface area (Å²) in [6, 6.07) is 4.42. The van der Waals surface area contributed by atoms with Crippen molar-refractivity contribution in [3.63, 3.8) is 0 Å². The van der Waals surface area contributed by atoms with E-state index >= 15 is 0 Å². The van der Waals surface area contributed by atoms with Gasteiger partial charge in [-0.3, -0.25) is 0 Å². The quantitative estimate of drug-likeness (QED) is 0.123. The average molecular weight is 481 g/mol. The summed E-state index contributed by atoms with van der Waals surface area (Å²) in [4.78, 5) is 2.67. The molecule has 194 valence electrons. The second-order valence-electron chi connectivity index (χ2n) is 9.84. The van der Waals surface area contributed by atoms with Gasteiger partial charge in [0.1, 0.15) is 0 Å². The van der Waals surface area contributed by atoms with E-state index in [1.807, 2.05) is 11.3 Å².